The third kappa shape index (κ3) is 11.1. The van der Waals surface area contributed by atoms with Crippen LogP contribution >= 0.6 is 11.6 Å². The number of hydrogen-bond donors (Lipinski definition) is 1. The third-order valence-electron chi connectivity index (χ3n) is 2.40. The van der Waals surface area contributed by atoms with Gasteiger partial charge in [0, 0.05) is 0 Å². The predicted octanol–water partition coefficient (Wildman–Crippen LogP) is 1.86. The fraction of sp³-hybridized carbons (Fsp3) is 1.00. The Balaban J connectivity index is 4.07. The van der Waals surface area contributed by atoms with Crippen LogP contribution in [-0.2, 0) is 14.2 Å². The van der Waals surface area contributed by atoms with Crippen LogP contribution in [0, 0.1) is 11.6 Å². The average molecular weight is 332 g/mol. The van der Waals surface area contributed by atoms with E-state index in [1.807, 2.05) is 34.6 Å². The lowest BCUT2D eigenvalue weighted by Gasteiger charge is -2.29. The van der Waals surface area contributed by atoms with Crippen molar-refractivity contribution in [3.63, 3.8) is 0 Å². The SMILES string of the molecule is CC(C)(C)OCC(CCl)OCC(C)(C)OC[C@@H](O)C[ClH+]. The Kier molecular flexibility index (Phi) is 9.64. The van der Waals surface area contributed by atoms with Crippen molar-refractivity contribution in [3.8, 4) is 0 Å². The first kappa shape index (κ1) is 20.4. The fourth-order valence-corrected chi connectivity index (χ4v) is 1.48. The third-order valence-corrected chi connectivity index (χ3v) is 3.13. The Hall–Kier alpha value is 0.420. The molecule has 0 heterocycles. The van der Waals surface area contributed by atoms with Crippen molar-refractivity contribution in [3.05, 3.63) is 0 Å². The van der Waals surface area contributed by atoms with E-state index in [1.165, 1.54) is 0 Å². The maximum atomic E-state index is 9.41. The first-order valence-electron chi connectivity index (χ1n) is 6.81. The number of ether oxygens (including phenoxy) is 3. The minimum atomic E-state index is -0.614. The van der Waals surface area contributed by atoms with Crippen LogP contribution in [-0.4, -0.2) is 60.1 Å². The molecule has 0 radical (unpaired) electrons. The van der Waals surface area contributed by atoms with Crippen molar-refractivity contribution in [1.29, 1.82) is 0 Å². The van der Waals surface area contributed by atoms with Gasteiger partial charge in [-0.05, 0) is 34.6 Å². The molecule has 20 heavy (non-hydrogen) atoms. The molecule has 0 aliphatic heterocycles. The van der Waals surface area contributed by atoms with Gasteiger partial charge in [-0.3, -0.25) is 0 Å². The van der Waals surface area contributed by atoms with Crippen LogP contribution in [0.4, 0.5) is 0 Å². The zero-order valence-electron chi connectivity index (χ0n) is 13.1. The first-order chi connectivity index (χ1) is 9.09. The molecule has 0 aromatic carbocycles. The molecule has 0 rings (SSSR count). The van der Waals surface area contributed by atoms with Crippen molar-refractivity contribution >= 4 is 11.6 Å². The summed E-state index contributed by atoms with van der Waals surface area (Å²) >= 11 is 10.6. The number of aliphatic hydroxyl groups is 1. The van der Waals surface area contributed by atoms with E-state index < -0.39 is 11.7 Å². The molecule has 4 nitrogen and oxygen atoms in total. The van der Waals surface area contributed by atoms with Crippen molar-refractivity contribution in [2.75, 3.05) is 31.6 Å². The van der Waals surface area contributed by atoms with Crippen LogP contribution in [0.15, 0.2) is 0 Å². The highest BCUT2D eigenvalue weighted by Gasteiger charge is 2.24. The van der Waals surface area contributed by atoms with Crippen LogP contribution in [0.25, 0.3) is 0 Å². The van der Waals surface area contributed by atoms with Gasteiger partial charge < -0.3 is 19.3 Å². The van der Waals surface area contributed by atoms with Crippen LogP contribution in [0.3, 0.4) is 0 Å². The monoisotopic (exact) mass is 331 g/mol. The fourth-order valence-electron chi connectivity index (χ4n) is 1.21. The minimum Gasteiger partial charge on any atom is -0.385 e. The van der Waals surface area contributed by atoms with E-state index in [-0.39, 0.29) is 24.2 Å². The van der Waals surface area contributed by atoms with E-state index in [0.29, 0.717) is 19.1 Å². The van der Waals surface area contributed by atoms with Gasteiger partial charge in [-0.15, -0.1) is 11.6 Å². The summed E-state index contributed by atoms with van der Waals surface area (Å²) in [5.41, 5.74) is -0.717. The second kappa shape index (κ2) is 9.44. The Morgan fingerprint density at radius 3 is 2.15 bits per heavy atom. The molecule has 1 N–H and O–H groups in total. The van der Waals surface area contributed by atoms with Gasteiger partial charge in [0.15, 0.2) is 5.88 Å². The van der Waals surface area contributed by atoms with E-state index in [0.717, 1.165) is 0 Å². The summed E-state index contributed by atoms with van der Waals surface area (Å²) in [6, 6.07) is 0. The zero-order chi connectivity index (χ0) is 15.8. The molecule has 0 aromatic heterocycles. The van der Waals surface area contributed by atoms with E-state index in [2.05, 4.69) is 0 Å². The summed E-state index contributed by atoms with van der Waals surface area (Å²) in [4.78, 5) is 0. The number of halogens is 2. The van der Waals surface area contributed by atoms with E-state index in [1.54, 1.807) is 0 Å². The van der Waals surface area contributed by atoms with Gasteiger partial charge in [0.25, 0.3) is 0 Å². The lowest BCUT2D eigenvalue weighted by atomic mass is 10.1. The number of hydrogen-bond acceptors (Lipinski definition) is 4. The van der Waals surface area contributed by atoms with E-state index in [9.17, 15) is 5.11 Å². The van der Waals surface area contributed by atoms with Gasteiger partial charge in [-0.1, -0.05) is 0 Å². The maximum absolute atomic E-state index is 9.41. The summed E-state index contributed by atoms with van der Waals surface area (Å²) in [5.74, 6) is 0.627. The molecule has 0 aromatic rings. The molecule has 122 valence electrons. The molecular formula is C14H29Cl2O4+. The molecule has 0 aliphatic carbocycles. The number of aliphatic hydroxyl groups excluding tert-OH is 1. The summed E-state index contributed by atoms with van der Waals surface area (Å²) in [7, 11) is 0. The highest BCUT2D eigenvalue weighted by molar-refractivity contribution is 6.18. The van der Waals surface area contributed by atoms with Gasteiger partial charge in [0.05, 0.1) is 43.0 Å². The molecule has 0 spiro atoms. The molecule has 0 bridgehead atoms. The Morgan fingerprint density at radius 1 is 1.10 bits per heavy atom. The molecule has 0 fully saturated rings. The molecular weight excluding hydrogens is 303 g/mol. The van der Waals surface area contributed by atoms with Gasteiger partial charge in [0.1, 0.15) is 17.7 Å². The van der Waals surface area contributed by atoms with Crippen LogP contribution in [0.2, 0.25) is 0 Å². The van der Waals surface area contributed by atoms with Gasteiger partial charge in [0.2, 0.25) is 0 Å². The summed E-state index contributed by atoms with van der Waals surface area (Å²) in [6.45, 7) is 10.8. The summed E-state index contributed by atoms with van der Waals surface area (Å²) in [5, 5.41) is 9.41. The summed E-state index contributed by atoms with van der Waals surface area (Å²) < 4.78 is 17.0. The number of rotatable bonds is 10. The molecule has 0 aliphatic rings. The quantitative estimate of drug-likeness (QED) is 0.621. The number of alkyl halides is 2. The van der Waals surface area contributed by atoms with Crippen molar-refractivity contribution < 1.29 is 30.9 Å². The van der Waals surface area contributed by atoms with Crippen molar-refractivity contribution in [2.45, 2.75) is 58.0 Å². The Bertz CT molecular complexity index is 254. The van der Waals surface area contributed by atoms with E-state index >= 15 is 0 Å². The van der Waals surface area contributed by atoms with Crippen molar-refractivity contribution in [1.82, 2.24) is 0 Å². The molecule has 2 atom stereocenters. The molecule has 0 saturated carbocycles. The topological polar surface area (TPSA) is 47.9 Å². The standard InChI is InChI=1S/C14H29Cl2O4/c1-13(2,3)19-9-12(7-16)18-10-14(4,5)20-8-11(17)6-15/h11-12,15,17H,6-10H2,1-5H3/q+1/t11-,12?/m0/s1. The summed E-state index contributed by atoms with van der Waals surface area (Å²) in [6.07, 6.45) is -0.792. The van der Waals surface area contributed by atoms with E-state index in [4.69, 9.17) is 37.4 Å². The zero-order valence-corrected chi connectivity index (χ0v) is 14.7. The molecule has 0 amide bonds. The Morgan fingerprint density at radius 2 is 1.70 bits per heavy atom. The maximum Gasteiger partial charge on any atom is 0.197 e. The Labute approximate surface area is 132 Å². The lowest BCUT2D eigenvalue weighted by molar-refractivity contribution is -0.386. The molecule has 6 heteroatoms. The highest BCUT2D eigenvalue weighted by atomic mass is 35.5. The van der Waals surface area contributed by atoms with Gasteiger partial charge in [-0.25, -0.2) is 0 Å². The second-order valence-corrected chi connectivity index (χ2v) is 7.04. The van der Waals surface area contributed by atoms with Crippen LogP contribution in [0.1, 0.15) is 34.6 Å². The largest absolute Gasteiger partial charge is 0.385 e. The van der Waals surface area contributed by atoms with Crippen LogP contribution < -0.4 is 0 Å². The van der Waals surface area contributed by atoms with Gasteiger partial charge in [-0.2, -0.15) is 0 Å². The smallest absolute Gasteiger partial charge is 0.197 e. The van der Waals surface area contributed by atoms with Gasteiger partial charge >= 0.3 is 0 Å². The first-order valence-corrected chi connectivity index (χ1v) is 7.92. The highest BCUT2D eigenvalue weighted by Crippen LogP contribution is 2.14. The minimum absolute atomic E-state index is 0.178. The normalized spacial score (nSPS) is 16.2. The molecule has 1 unspecified atom stereocenters. The van der Waals surface area contributed by atoms with Crippen molar-refractivity contribution in [2.24, 2.45) is 0 Å². The molecule has 0 saturated heterocycles. The second-order valence-electron chi connectivity index (χ2n) is 6.40. The predicted molar refractivity (Wildman–Crippen MR) is 78.5 cm³/mol. The van der Waals surface area contributed by atoms with Crippen LogP contribution in [0.5, 0.6) is 0 Å². The lowest BCUT2D eigenvalue weighted by Crippen LogP contribution is -2.38. The average Bonchev–Trinajstić information content (AvgIpc) is 2.35.